The molecule has 0 spiro atoms. The predicted octanol–water partition coefficient (Wildman–Crippen LogP) is -0.180. The van der Waals surface area contributed by atoms with Gasteiger partial charge in [0.1, 0.15) is 0 Å². The molecule has 0 bridgehead atoms. The molecule has 1 saturated heterocycles. The van der Waals surface area contributed by atoms with Crippen LogP contribution in [0, 0.1) is 6.92 Å². The van der Waals surface area contributed by atoms with Gasteiger partial charge in [-0.3, -0.25) is 9.89 Å². The van der Waals surface area contributed by atoms with Crippen molar-refractivity contribution in [1.29, 1.82) is 0 Å². The molecule has 1 aromatic heterocycles. The molecule has 0 aliphatic carbocycles. The van der Waals surface area contributed by atoms with Crippen LogP contribution in [0.15, 0.2) is 6.07 Å². The van der Waals surface area contributed by atoms with E-state index in [1.54, 1.807) is 0 Å². The molecule has 2 heterocycles. The van der Waals surface area contributed by atoms with Crippen LogP contribution in [0.2, 0.25) is 0 Å². The molecule has 82 valence electrons. The highest BCUT2D eigenvalue weighted by molar-refractivity contribution is 5.78. The first-order valence-corrected chi connectivity index (χ1v) is 5.19. The average Bonchev–Trinajstić information content (AvgIpc) is 2.75. The standard InChI is InChI=1S/C10H16N4O/c1-7-4-9(13-12-7)5-10(15)14-3-2-8(11)6-14/h4,8H,2-3,5-6,11H2,1H3,(H,12,13)/t8-/m1/s1. The summed E-state index contributed by atoms with van der Waals surface area (Å²) in [6.07, 6.45) is 1.28. The first-order chi connectivity index (χ1) is 7.15. The number of likely N-dealkylation sites (tertiary alicyclic amines) is 1. The fraction of sp³-hybridized carbons (Fsp3) is 0.600. The van der Waals surface area contributed by atoms with E-state index in [0.717, 1.165) is 24.4 Å². The number of aromatic nitrogens is 2. The molecule has 1 aliphatic rings. The van der Waals surface area contributed by atoms with E-state index in [4.69, 9.17) is 5.73 Å². The smallest absolute Gasteiger partial charge is 0.228 e. The summed E-state index contributed by atoms with van der Waals surface area (Å²) >= 11 is 0. The number of carbonyl (C=O) groups is 1. The van der Waals surface area contributed by atoms with Crippen LogP contribution in [-0.2, 0) is 11.2 Å². The number of nitrogens with zero attached hydrogens (tertiary/aromatic N) is 2. The predicted molar refractivity (Wildman–Crippen MR) is 56.2 cm³/mol. The van der Waals surface area contributed by atoms with Gasteiger partial charge in [-0.1, -0.05) is 0 Å². The van der Waals surface area contributed by atoms with Gasteiger partial charge in [0, 0.05) is 24.8 Å². The highest BCUT2D eigenvalue weighted by Crippen LogP contribution is 2.09. The van der Waals surface area contributed by atoms with E-state index in [1.165, 1.54) is 0 Å². The van der Waals surface area contributed by atoms with Crippen molar-refractivity contribution in [2.24, 2.45) is 5.73 Å². The van der Waals surface area contributed by atoms with E-state index >= 15 is 0 Å². The van der Waals surface area contributed by atoms with Gasteiger partial charge < -0.3 is 10.6 Å². The molecule has 1 aromatic rings. The van der Waals surface area contributed by atoms with E-state index in [9.17, 15) is 4.79 Å². The number of hydrogen-bond donors (Lipinski definition) is 2. The third-order valence-electron chi connectivity index (χ3n) is 2.67. The minimum atomic E-state index is 0.120. The highest BCUT2D eigenvalue weighted by atomic mass is 16.2. The SMILES string of the molecule is Cc1cc(CC(=O)N2CC[C@@H](N)C2)n[nH]1. The molecule has 3 N–H and O–H groups in total. The summed E-state index contributed by atoms with van der Waals surface area (Å²) in [6, 6.07) is 2.04. The molecule has 0 radical (unpaired) electrons. The van der Waals surface area contributed by atoms with Crippen molar-refractivity contribution < 1.29 is 4.79 Å². The van der Waals surface area contributed by atoms with Crippen LogP contribution in [0.1, 0.15) is 17.8 Å². The lowest BCUT2D eigenvalue weighted by atomic mass is 10.2. The summed E-state index contributed by atoms with van der Waals surface area (Å²) < 4.78 is 0. The van der Waals surface area contributed by atoms with E-state index in [-0.39, 0.29) is 11.9 Å². The Labute approximate surface area is 88.6 Å². The number of rotatable bonds is 2. The average molecular weight is 208 g/mol. The Kier molecular flexibility index (Phi) is 2.73. The Balaban J connectivity index is 1.92. The second kappa shape index (κ2) is 4.02. The molecule has 15 heavy (non-hydrogen) atoms. The van der Waals surface area contributed by atoms with Crippen LogP contribution >= 0.6 is 0 Å². The van der Waals surface area contributed by atoms with Gasteiger partial charge in [0.05, 0.1) is 12.1 Å². The van der Waals surface area contributed by atoms with Crippen LogP contribution in [0.4, 0.5) is 0 Å². The quantitative estimate of drug-likeness (QED) is 0.708. The lowest BCUT2D eigenvalue weighted by molar-refractivity contribution is -0.129. The van der Waals surface area contributed by atoms with Crippen molar-refractivity contribution in [2.45, 2.75) is 25.8 Å². The Morgan fingerprint density at radius 2 is 2.60 bits per heavy atom. The topological polar surface area (TPSA) is 75.0 Å². The van der Waals surface area contributed by atoms with E-state index < -0.39 is 0 Å². The number of nitrogens with two attached hydrogens (primary N) is 1. The highest BCUT2D eigenvalue weighted by Gasteiger charge is 2.23. The van der Waals surface area contributed by atoms with Crippen molar-refractivity contribution in [2.75, 3.05) is 13.1 Å². The molecule has 0 saturated carbocycles. The van der Waals surface area contributed by atoms with Crippen LogP contribution < -0.4 is 5.73 Å². The van der Waals surface area contributed by atoms with E-state index in [1.807, 2.05) is 17.9 Å². The third kappa shape index (κ3) is 2.36. The number of hydrogen-bond acceptors (Lipinski definition) is 3. The summed E-state index contributed by atoms with van der Waals surface area (Å²) in [6.45, 7) is 3.39. The first kappa shape index (κ1) is 10.2. The van der Waals surface area contributed by atoms with Crippen molar-refractivity contribution in [3.63, 3.8) is 0 Å². The zero-order valence-electron chi connectivity index (χ0n) is 8.86. The normalized spacial score (nSPS) is 20.9. The Morgan fingerprint density at radius 3 is 3.13 bits per heavy atom. The molecule has 1 amide bonds. The van der Waals surface area contributed by atoms with Gasteiger partial charge in [0.25, 0.3) is 0 Å². The molecule has 0 unspecified atom stereocenters. The zero-order valence-corrected chi connectivity index (χ0v) is 8.86. The molecule has 0 aromatic carbocycles. The van der Waals surface area contributed by atoms with Gasteiger partial charge in [-0.25, -0.2) is 0 Å². The van der Waals surface area contributed by atoms with Crippen LogP contribution in [0.3, 0.4) is 0 Å². The Bertz CT molecular complexity index is 360. The van der Waals surface area contributed by atoms with Gasteiger partial charge in [0.2, 0.25) is 5.91 Å². The van der Waals surface area contributed by atoms with Crippen LogP contribution in [0.25, 0.3) is 0 Å². The number of aryl methyl sites for hydroxylation is 1. The molecule has 5 heteroatoms. The van der Waals surface area contributed by atoms with Crippen LogP contribution in [0.5, 0.6) is 0 Å². The van der Waals surface area contributed by atoms with Gasteiger partial charge in [-0.2, -0.15) is 5.10 Å². The summed E-state index contributed by atoms with van der Waals surface area (Å²) in [5.74, 6) is 0.120. The second-order valence-electron chi connectivity index (χ2n) is 4.11. The molecular formula is C10H16N4O. The van der Waals surface area contributed by atoms with Gasteiger partial charge in [0.15, 0.2) is 0 Å². The maximum absolute atomic E-state index is 11.8. The van der Waals surface area contributed by atoms with Gasteiger partial charge in [-0.05, 0) is 19.4 Å². The lowest BCUT2D eigenvalue weighted by Crippen LogP contribution is -2.32. The summed E-state index contributed by atoms with van der Waals surface area (Å²) in [5, 5.41) is 6.87. The Morgan fingerprint density at radius 1 is 1.80 bits per heavy atom. The minimum Gasteiger partial charge on any atom is -0.341 e. The molecule has 1 fully saturated rings. The number of aromatic amines is 1. The number of carbonyl (C=O) groups excluding carboxylic acids is 1. The largest absolute Gasteiger partial charge is 0.341 e. The molecular weight excluding hydrogens is 192 g/mol. The number of H-pyrrole nitrogens is 1. The van der Waals surface area contributed by atoms with Crippen LogP contribution in [-0.4, -0.2) is 40.1 Å². The fourth-order valence-corrected chi connectivity index (χ4v) is 1.85. The van der Waals surface area contributed by atoms with E-state index in [2.05, 4.69) is 10.2 Å². The maximum atomic E-state index is 11.8. The first-order valence-electron chi connectivity index (χ1n) is 5.19. The van der Waals surface area contributed by atoms with Crippen molar-refractivity contribution >= 4 is 5.91 Å². The summed E-state index contributed by atoms with van der Waals surface area (Å²) in [5.41, 5.74) is 7.53. The van der Waals surface area contributed by atoms with Gasteiger partial charge in [-0.15, -0.1) is 0 Å². The maximum Gasteiger partial charge on any atom is 0.228 e. The zero-order chi connectivity index (χ0) is 10.8. The minimum absolute atomic E-state index is 0.120. The third-order valence-corrected chi connectivity index (χ3v) is 2.67. The van der Waals surface area contributed by atoms with Gasteiger partial charge >= 0.3 is 0 Å². The van der Waals surface area contributed by atoms with Crippen molar-refractivity contribution in [1.82, 2.24) is 15.1 Å². The van der Waals surface area contributed by atoms with Crippen molar-refractivity contribution in [3.05, 3.63) is 17.5 Å². The van der Waals surface area contributed by atoms with Crippen molar-refractivity contribution in [3.8, 4) is 0 Å². The molecule has 5 nitrogen and oxygen atoms in total. The monoisotopic (exact) mass is 208 g/mol. The molecule has 2 rings (SSSR count). The summed E-state index contributed by atoms with van der Waals surface area (Å²) in [4.78, 5) is 13.6. The number of nitrogens with one attached hydrogen (secondary N) is 1. The fourth-order valence-electron chi connectivity index (χ4n) is 1.85. The number of amides is 1. The summed E-state index contributed by atoms with van der Waals surface area (Å²) in [7, 11) is 0. The molecule has 1 aliphatic heterocycles. The lowest BCUT2D eigenvalue weighted by Gasteiger charge is -2.14. The second-order valence-corrected chi connectivity index (χ2v) is 4.11. The van der Waals surface area contributed by atoms with E-state index in [0.29, 0.717) is 13.0 Å². The molecule has 1 atom stereocenters. The Hall–Kier alpha value is -1.36.